The fourth-order valence-electron chi connectivity index (χ4n) is 3.20. The molecular formula is C20H25ClN4O4. The minimum absolute atomic E-state index is 0.136. The van der Waals surface area contributed by atoms with E-state index in [1.54, 1.807) is 23.1 Å². The minimum Gasteiger partial charge on any atom is -0.496 e. The van der Waals surface area contributed by atoms with Crippen molar-refractivity contribution in [2.45, 2.75) is 51.6 Å². The molecule has 1 atom stereocenters. The third-order valence-corrected chi connectivity index (χ3v) is 4.97. The van der Waals surface area contributed by atoms with Crippen LogP contribution in [0, 0.1) is 0 Å². The molecule has 1 fully saturated rings. The summed E-state index contributed by atoms with van der Waals surface area (Å²) < 4.78 is 10.5. The molecule has 2 aromatic rings. The van der Waals surface area contributed by atoms with Crippen molar-refractivity contribution < 1.29 is 18.8 Å². The largest absolute Gasteiger partial charge is 0.496 e. The van der Waals surface area contributed by atoms with Gasteiger partial charge >= 0.3 is 0 Å². The molecule has 2 heterocycles. The fourth-order valence-corrected chi connectivity index (χ4v) is 3.37. The van der Waals surface area contributed by atoms with E-state index in [4.69, 9.17) is 20.9 Å². The molecule has 0 spiro atoms. The highest BCUT2D eigenvalue weighted by atomic mass is 35.5. The summed E-state index contributed by atoms with van der Waals surface area (Å²) in [5.41, 5.74) is 0.0765. The molecule has 29 heavy (non-hydrogen) atoms. The van der Waals surface area contributed by atoms with Crippen molar-refractivity contribution in [2.75, 3.05) is 13.7 Å². The van der Waals surface area contributed by atoms with Crippen molar-refractivity contribution in [1.29, 1.82) is 0 Å². The number of carbonyl (C=O) groups excluding carboxylic acids is 2. The van der Waals surface area contributed by atoms with Crippen molar-refractivity contribution >= 4 is 23.4 Å². The zero-order chi connectivity index (χ0) is 21.2. The summed E-state index contributed by atoms with van der Waals surface area (Å²) in [6.07, 6.45) is 1.32. The lowest BCUT2D eigenvalue weighted by atomic mass is 9.97. The number of aromatic nitrogens is 2. The van der Waals surface area contributed by atoms with Crippen LogP contribution in [-0.2, 0) is 16.8 Å². The second-order valence-corrected chi connectivity index (χ2v) is 8.42. The van der Waals surface area contributed by atoms with Crippen LogP contribution in [0.15, 0.2) is 22.7 Å². The predicted octanol–water partition coefficient (Wildman–Crippen LogP) is 2.95. The SMILES string of the molecule is COc1ccc(Cl)cc1C(=O)N1CCCC1C(=O)NCc1noc(C(C)(C)C)n1. The van der Waals surface area contributed by atoms with Gasteiger partial charge in [-0.15, -0.1) is 0 Å². The molecular weight excluding hydrogens is 396 g/mol. The molecule has 1 aliphatic rings. The van der Waals surface area contributed by atoms with E-state index < -0.39 is 6.04 Å². The van der Waals surface area contributed by atoms with Gasteiger partial charge in [-0.25, -0.2) is 0 Å². The molecule has 1 N–H and O–H groups in total. The molecule has 0 aliphatic carbocycles. The average Bonchev–Trinajstić information content (AvgIpc) is 3.34. The molecule has 8 nitrogen and oxygen atoms in total. The van der Waals surface area contributed by atoms with E-state index in [1.165, 1.54) is 7.11 Å². The molecule has 1 aliphatic heterocycles. The molecule has 0 bridgehead atoms. The van der Waals surface area contributed by atoms with Crippen molar-refractivity contribution in [3.05, 3.63) is 40.5 Å². The molecule has 156 valence electrons. The van der Waals surface area contributed by atoms with Gasteiger partial charge in [-0.2, -0.15) is 4.98 Å². The Bertz CT molecular complexity index is 906. The lowest BCUT2D eigenvalue weighted by Crippen LogP contribution is -2.45. The molecule has 1 aromatic carbocycles. The van der Waals surface area contributed by atoms with Crippen LogP contribution in [0.1, 0.15) is 55.7 Å². The molecule has 1 unspecified atom stereocenters. The molecule has 0 saturated carbocycles. The van der Waals surface area contributed by atoms with Crippen molar-refractivity contribution in [3.63, 3.8) is 0 Å². The van der Waals surface area contributed by atoms with E-state index in [0.717, 1.165) is 6.42 Å². The Labute approximate surface area is 174 Å². The quantitative estimate of drug-likeness (QED) is 0.798. The van der Waals surface area contributed by atoms with Crippen molar-refractivity contribution in [2.24, 2.45) is 0 Å². The summed E-state index contributed by atoms with van der Waals surface area (Å²) in [5.74, 6) is 0.797. The van der Waals surface area contributed by atoms with Gasteiger partial charge in [0.05, 0.1) is 19.2 Å². The Morgan fingerprint density at radius 1 is 1.38 bits per heavy atom. The maximum Gasteiger partial charge on any atom is 0.258 e. The van der Waals surface area contributed by atoms with Gasteiger partial charge in [-0.05, 0) is 31.0 Å². The van der Waals surface area contributed by atoms with E-state index >= 15 is 0 Å². The number of halogens is 1. The van der Waals surface area contributed by atoms with E-state index in [-0.39, 0.29) is 23.8 Å². The number of hydrogen-bond donors (Lipinski definition) is 1. The van der Waals surface area contributed by atoms with Crippen LogP contribution in [0.3, 0.4) is 0 Å². The number of benzene rings is 1. The summed E-state index contributed by atoms with van der Waals surface area (Å²) >= 11 is 6.05. The summed E-state index contributed by atoms with van der Waals surface area (Å²) in [5, 5.41) is 7.14. The van der Waals surface area contributed by atoms with Gasteiger partial charge < -0.3 is 19.5 Å². The number of nitrogens with zero attached hydrogens (tertiary/aromatic N) is 3. The third kappa shape index (κ3) is 4.70. The van der Waals surface area contributed by atoms with Crippen molar-refractivity contribution in [1.82, 2.24) is 20.4 Å². The minimum atomic E-state index is -0.569. The van der Waals surface area contributed by atoms with Crippen LogP contribution in [0.4, 0.5) is 0 Å². The zero-order valence-corrected chi connectivity index (χ0v) is 17.7. The Hall–Kier alpha value is -2.61. The second-order valence-electron chi connectivity index (χ2n) is 7.98. The first-order chi connectivity index (χ1) is 13.7. The van der Waals surface area contributed by atoms with Crippen LogP contribution in [-0.4, -0.2) is 46.6 Å². The van der Waals surface area contributed by atoms with Crippen LogP contribution < -0.4 is 10.1 Å². The molecule has 0 radical (unpaired) electrons. The molecule has 1 aromatic heterocycles. The summed E-state index contributed by atoms with van der Waals surface area (Å²) in [4.78, 5) is 31.7. The number of amides is 2. The first-order valence-electron chi connectivity index (χ1n) is 9.46. The standard InChI is InChI=1S/C20H25ClN4O4/c1-20(2,3)19-23-16(24-29-19)11-22-17(26)14-6-5-9-25(14)18(27)13-10-12(21)7-8-15(13)28-4/h7-8,10,14H,5-6,9,11H2,1-4H3,(H,22,26). The number of likely N-dealkylation sites (tertiary alicyclic amines) is 1. The number of rotatable bonds is 5. The molecule has 9 heteroatoms. The van der Waals surface area contributed by atoms with Crippen molar-refractivity contribution in [3.8, 4) is 5.75 Å². The van der Waals surface area contributed by atoms with Crippen LogP contribution in [0.2, 0.25) is 5.02 Å². The Kier molecular flexibility index (Phi) is 6.12. The predicted molar refractivity (Wildman–Crippen MR) is 107 cm³/mol. The van der Waals surface area contributed by atoms with E-state index in [9.17, 15) is 9.59 Å². The second kappa shape index (κ2) is 8.41. The highest BCUT2D eigenvalue weighted by molar-refractivity contribution is 6.31. The first kappa shape index (κ1) is 21.1. The number of nitrogens with one attached hydrogen (secondary N) is 1. The maximum atomic E-state index is 13.0. The van der Waals surface area contributed by atoms with E-state index in [1.807, 2.05) is 20.8 Å². The Morgan fingerprint density at radius 3 is 2.79 bits per heavy atom. The van der Waals surface area contributed by atoms with Gasteiger partial charge in [-0.1, -0.05) is 37.5 Å². The number of ether oxygens (including phenoxy) is 1. The number of carbonyl (C=O) groups is 2. The highest BCUT2D eigenvalue weighted by Gasteiger charge is 2.35. The Balaban J connectivity index is 1.68. The van der Waals surface area contributed by atoms with Gasteiger partial charge in [0, 0.05) is 17.0 Å². The van der Waals surface area contributed by atoms with E-state index in [0.29, 0.717) is 41.0 Å². The Morgan fingerprint density at radius 2 is 2.14 bits per heavy atom. The van der Waals surface area contributed by atoms with Crippen LogP contribution in [0.25, 0.3) is 0 Å². The van der Waals surface area contributed by atoms with Crippen LogP contribution >= 0.6 is 11.6 Å². The van der Waals surface area contributed by atoms with Gasteiger partial charge in [0.15, 0.2) is 5.82 Å². The lowest BCUT2D eigenvalue weighted by molar-refractivity contribution is -0.125. The molecule has 3 rings (SSSR count). The maximum absolute atomic E-state index is 13.0. The lowest BCUT2D eigenvalue weighted by Gasteiger charge is -2.24. The van der Waals surface area contributed by atoms with E-state index in [2.05, 4.69) is 15.5 Å². The zero-order valence-electron chi connectivity index (χ0n) is 17.0. The number of hydrogen-bond acceptors (Lipinski definition) is 6. The monoisotopic (exact) mass is 420 g/mol. The van der Waals surface area contributed by atoms with Gasteiger partial charge in [0.25, 0.3) is 5.91 Å². The smallest absolute Gasteiger partial charge is 0.258 e. The third-order valence-electron chi connectivity index (χ3n) is 4.74. The summed E-state index contributed by atoms with van der Waals surface area (Å²) in [6, 6.07) is 4.29. The number of methoxy groups -OCH3 is 1. The van der Waals surface area contributed by atoms with Gasteiger partial charge in [0.2, 0.25) is 11.8 Å². The molecule has 1 saturated heterocycles. The average molecular weight is 421 g/mol. The normalized spacial score (nSPS) is 16.7. The summed E-state index contributed by atoms with van der Waals surface area (Å²) in [6.45, 7) is 6.53. The first-order valence-corrected chi connectivity index (χ1v) is 9.84. The van der Waals surface area contributed by atoms with Gasteiger partial charge in [0.1, 0.15) is 11.8 Å². The summed E-state index contributed by atoms with van der Waals surface area (Å²) in [7, 11) is 1.49. The fraction of sp³-hybridized carbons (Fsp3) is 0.500. The molecule has 2 amide bonds. The highest BCUT2D eigenvalue weighted by Crippen LogP contribution is 2.28. The topological polar surface area (TPSA) is 97.6 Å². The van der Waals surface area contributed by atoms with Crippen LogP contribution in [0.5, 0.6) is 5.75 Å². The van der Waals surface area contributed by atoms with Gasteiger partial charge in [-0.3, -0.25) is 9.59 Å².